The molecule has 0 aliphatic heterocycles. The van der Waals surface area contributed by atoms with Crippen molar-refractivity contribution in [3.05, 3.63) is 129 Å². The Balaban J connectivity index is 1.28. The van der Waals surface area contributed by atoms with Crippen LogP contribution in [0.1, 0.15) is 99.6 Å². The standard InChI is InChI=1S/C44H50Si/c1-7-15-31-17-9-11-19-33(31)35-21-13-23-37-41(35)25-39(29(3)4)43(37)27-45-28-44-38-24-14-22-36(42(38)26-40(44)30(5)6)34-20-12-10-18-32(34)16-8-2/h9-14,17-26,29-30,43-44H,7-8,15-16,27-28H2,1-6H3. The molecule has 1 heteroatoms. The molecule has 0 heterocycles. The maximum atomic E-state index is 2.57. The van der Waals surface area contributed by atoms with E-state index < -0.39 is 0 Å². The minimum atomic E-state index is 0.524. The largest absolute Gasteiger partial charge is 0.0651 e. The molecule has 2 aliphatic carbocycles. The van der Waals surface area contributed by atoms with Crippen LogP contribution >= 0.6 is 0 Å². The molecule has 45 heavy (non-hydrogen) atoms. The molecule has 2 aliphatic rings. The summed E-state index contributed by atoms with van der Waals surface area (Å²) in [5, 5.41) is 0. The van der Waals surface area contributed by atoms with Crippen LogP contribution in [-0.2, 0) is 12.8 Å². The van der Waals surface area contributed by atoms with Crippen LogP contribution in [0.25, 0.3) is 34.4 Å². The summed E-state index contributed by atoms with van der Waals surface area (Å²) >= 11 is 0. The Hall–Kier alpha value is -3.42. The van der Waals surface area contributed by atoms with Crippen LogP contribution in [0.4, 0.5) is 0 Å². The van der Waals surface area contributed by atoms with Gasteiger partial charge in [-0.05, 0) is 80.3 Å². The van der Waals surface area contributed by atoms with Gasteiger partial charge in [-0.25, -0.2) is 0 Å². The van der Waals surface area contributed by atoms with Crippen molar-refractivity contribution in [2.24, 2.45) is 11.8 Å². The molecule has 0 amide bonds. The van der Waals surface area contributed by atoms with E-state index in [1.807, 2.05) is 0 Å². The first-order valence-electron chi connectivity index (χ1n) is 17.5. The normalized spacial score (nSPS) is 17.1. The number of fused-ring (bicyclic) bond motifs is 2. The first-order chi connectivity index (χ1) is 21.9. The van der Waals surface area contributed by atoms with Gasteiger partial charge in [0.1, 0.15) is 0 Å². The van der Waals surface area contributed by atoms with Crippen LogP contribution in [0.2, 0.25) is 12.1 Å². The van der Waals surface area contributed by atoms with Crippen molar-refractivity contribution in [2.45, 2.75) is 91.1 Å². The molecule has 0 nitrogen and oxygen atoms in total. The van der Waals surface area contributed by atoms with Crippen LogP contribution in [0.15, 0.2) is 96.1 Å². The Bertz CT molecular complexity index is 1590. The van der Waals surface area contributed by atoms with E-state index in [-0.39, 0.29) is 0 Å². The zero-order valence-electron chi connectivity index (χ0n) is 28.3. The molecule has 2 atom stereocenters. The molecule has 0 spiro atoms. The van der Waals surface area contributed by atoms with E-state index in [1.165, 1.54) is 69.4 Å². The summed E-state index contributed by atoms with van der Waals surface area (Å²) in [5.74, 6) is 2.15. The second-order valence-corrected chi connectivity index (χ2v) is 15.1. The van der Waals surface area contributed by atoms with Crippen molar-refractivity contribution in [1.29, 1.82) is 0 Å². The highest BCUT2D eigenvalue weighted by atomic mass is 28.2. The minimum absolute atomic E-state index is 0.524. The van der Waals surface area contributed by atoms with Gasteiger partial charge in [0, 0.05) is 21.4 Å². The predicted molar refractivity (Wildman–Crippen MR) is 198 cm³/mol. The first kappa shape index (κ1) is 31.6. The number of benzene rings is 4. The third-order valence-corrected chi connectivity index (χ3v) is 11.5. The zero-order valence-corrected chi connectivity index (χ0v) is 29.3. The van der Waals surface area contributed by atoms with Gasteiger partial charge in [0.15, 0.2) is 0 Å². The van der Waals surface area contributed by atoms with E-state index in [4.69, 9.17) is 0 Å². The van der Waals surface area contributed by atoms with Crippen LogP contribution in [0.5, 0.6) is 0 Å². The third-order valence-electron chi connectivity index (χ3n) is 10.1. The van der Waals surface area contributed by atoms with Gasteiger partial charge in [-0.1, -0.05) is 175 Å². The van der Waals surface area contributed by atoms with Gasteiger partial charge in [-0.2, -0.15) is 0 Å². The number of hydrogen-bond donors (Lipinski definition) is 0. The number of hydrogen-bond acceptors (Lipinski definition) is 0. The average Bonchev–Trinajstić information content (AvgIpc) is 3.61. The first-order valence-corrected chi connectivity index (χ1v) is 18.9. The summed E-state index contributed by atoms with van der Waals surface area (Å²) in [7, 11) is 0.922. The van der Waals surface area contributed by atoms with E-state index >= 15 is 0 Å². The topological polar surface area (TPSA) is 0 Å². The Labute approximate surface area is 275 Å². The lowest BCUT2D eigenvalue weighted by Crippen LogP contribution is -2.11. The fraction of sp³-hybridized carbons (Fsp3) is 0.364. The van der Waals surface area contributed by atoms with Crippen LogP contribution in [0, 0.1) is 11.8 Å². The molecule has 0 fully saturated rings. The molecular weight excluding hydrogens is 557 g/mol. The van der Waals surface area contributed by atoms with E-state index in [1.54, 1.807) is 22.3 Å². The van der Waals surface area contributed by atoms with Crippen LogP contribution < -0.4 is 0 Å². The molecule has 4 aromatic carbocycles. The average molecular weight is 607 g/mol. The molecule has 2 radical (unpaired) electrons. The maximum Gasteiger partial charge on any atom is 0.0397 e. The summed E-state index contributed by atoms with van der Waals surface area (Å²) in [6.07, 6.45) is 9.74. The van der Waals surface area contributed by atoms with Gasteiger partial charge >= 0.3 is 0 Å². The van der Waals surface area contributed by atoms with Crippen molar-refractivity contribution in [3.8, 4) is 22.3 Å². The van der Waals surface area contributed by atoms with E-state index in [2.05, 4.69) is 139 Å². The molecular formula is C44H50Si. The van der Waals surface area contributed by atoms with Crippen molar-refractivity contribution in [1.82, 2.24) is 0 Å². The van der Waals surface area contributed by atoms with Crippen molar-refractivity contribution < 1.29 is 0 Å². The second-order valence-electron chi connectivity index (χ2n) is 13.8. The Morgan fingerprint density at radius 2 is 0.911 bits per heavy atom. The van der Waals surface area contributed by atoms with Crippen LogP contribution in [0.3, 0.4) is 0 Å². The van der Waals surface area contributed by atoms with Gasteiger partial charge < -0.3 is 0 Å². The van der Waals surface area contributed by atoms with E-state index in [0.717, 1.165) is 22.4 Å². The summed E-state index contributed by atoms with van der Waals surface area (Å²) in [6, 6.07) is 34.8. The Morgan fingerprint density at radius 3 is 1.31 bits per heavy atom. The Morgan fingerprint density at radius 1 is 0.511 bits per heavy atom. The number of allylic oxidation sites excluding steroid dienone is 2. The van der Waals surface area contributed by atoms with E-state index in [0.29, 0.717) is 23.7 Å². The van der Waals surface area contributed by atoms with E-state index in [9.17, 15) is 0 Å². The lowest BCUT2D eigenvalue weighted by Gasteiger charge is -2.23. The van der Waals surface area contributed by atoms with Crippen LogP contribution in [-0.4, -0.2) is 9.52 Å². The third kappa shape index (κ3) is 6.21. The maximum absolute atomic E-state index is 2.57. The molecule has 4 aromatic rings. The number of rotatable bonds is 12. The SMILES string of the molecule is CCCc1ccccc1-c1cccc2c1C=C(C(C)C)C2C[Si]CC1C(C(C)C)=Cc2c(-c3ccccc3CCC)cccc21. The molecule has 6 rings (SSSR count). The zero-order chi connectivity index (χ0) is 31.5. The summed E-state index contributed by atoms with van der Waals surface area (Å²) in [4.78, 5) is 0. The number of aryl methyl sites for hydroxylation is 2. The fourth-order valence-electron chi connectivity index (χ4n) is 7.97. The van der Waals surface area contributed by atoms with Gasteiger partial charge in [0.25, 0.3) is 0 Å². The minimum Gasteiger partial charge on any atom is -0.0651 e. The second kappa shape index (κ2) is 13.9. The summed E-state index contributed by atoms with van der Waals surface area (Å²) in [5.41, 5.74) is 17.9. The molecule has 0 N–H and O–H groups in total. The highest BCUT2D eigenvalue weighted by molar-refractivity contribution is 6.36. The monoisotopic (exact) mass is 606 g/mol. The molecule has 0 bridgehead atoms. The lowest BCUT2D eigenvalue weighted by molar-refractivity contribution is 0.686. The molecule has 0 saturated carbocycles. The van der Waals surface area contributed by atoms with Crippen molar-refractivity contribution >= 4 is 21.7 Å². The molecule has 0 aromatic heterocycles. The highest BCUT2D eigenvalue weighted by Gasteiger charge is 2.32. The summed E-state index contributed by atoms with van der Waals surface area (Å²) in [6.45, 7) is 14.1. The van der Waals surface area contributed by atoms with Crippen molar-refractivity contribution in [3.63, 3.8) is 0 Å². The van der Waals surface area contributed by atoms with Gasteiger partial charge in [0.05, 0.1) is 0 Å². The quantitative estimate of drug-likeness (QED) is 0.141. The molecule has 2 unspecified atom stereocenters. The van der Waals surface area contributed by atoms with Gasteiger partial charge in [-0.3, -0.25) is 0 Å². The molecule has 0 saturated heterocycles. The predicted octanol–water partition coefficient (Wildman–Crippen LogP) is 12.4. The smallest absolute Gasteiger partial charge is 0.0397 e. The fourth-order valence-corrected chi connectivity index (χ4v) is 9.62. The Kier molecular flexibility index (Phi) is 9.76. The highest BCUT2D eigenvalue weighted by Crippen LogP contribution is 2.49. The van der Waals surface area contributed by atoms with Crippen molar-refractivity contribution in [2.75, 3.05) is 0 Å². The lowest BCUT2D eigenvalue weighted by atomic mass is 9.88. The van der Waals surface area contributed by atoms with Gasteiger partial charge in [0.2, 0.25) is 0 Å². The molecule has 230 valence electrons. The summed E-state index contributed by atoms with van der Waals surface area (Å²) < 4.78 is 0. The van der Waals surface area contributed by atoms with Gasteiger partial charge in [-0.15, -0.1) is 0 Å².